The number of carbonyl (C=O) groups is 1. The Morgan fingerprint density at radius 3 is 2.71 bits per heavy atom. The van der Waals surface area contributed by atoms with Gasteiger partial charge in [-0.15, -0.1) is 0 Å². The number of anilines is 1. The first-order valence-corrected chi connectivity index (χ1v) is 7.21. The molecule has 0 spiro atoms. The standard InChI is InChI=1S/C15H21N3O3/c1-4-16-12-7-6-11(10-13(12)18(20)21)14(19)17-9-5-8-15(17,2)3/h6-7,10,16H,4-5,8-9H2,1-3H3. The van der Waals surface area contributed by atoms with Crippen LogP contribution < -0.4 is 5.32 Å². The molecule has 1 aliphatic rings. The van der Waals surface area contributed by atoms with Crippen molar-refractivity contribution in [3.63, 3.8) is 0 Å². The van der Waals surface area contributed by atoms with Crippen LogP contribution in [0.2, 0.25) is 0 Å². The van der Waals surface area contributed by atoms with Crippen LogP contribution in [0.4, 0.5) is 11.4 Å². The Hall–Kier alpha value is -2.11. The molecule has 1 N–H and O–H groups in total. The molecule has 1 aromatic rings. The molecular weight excluding hydrogens is 270 g/mol. The highest BCUT2D eigenvalue weighted by Crippen LogP contribution is 2.32. The third kappa shape index (κ3) is 2.99. The lowest BCUT2D eigenvalue weighted by Crippen LogP contribution is -2.42. The highest BCUT2D eigenvalue weighted by atomic mass is 16.6. The van der Waals surface area contributed by atoms with Gasteiger partial charge in [0, 0.05) is 30.3 Å². The summed E-state index contributed by atoms with van der Waals surface area (Å²) in [4.78, 5) is 25.1. The van der Waals surface area contributed by atoms with Crippen LogP contribution in [0.15, 0.2) is 18.2 Å². The molecule has 0 saturated carbocycles. The molecule has 0 bridgehead atoms. The zero-order valence-corrected chi connectivity index (χ0v) is 12.7. The van der Waals surface area contributed by atoms with Crippen molar-refractivity contribution in [1.82, 2.24) is 4.90 Å². The molecule has 1 amide bonds. The Morgan fingerprint density at radius 1 is 1.48 bits per heavy atom. The van der Waals surface area contributed by atoms with E-state index in [2.05, 4.69) is 5.32 Å². The Balaban J connectivity index is 2.34. The molecule has 1 aromatic carbocycles. The number of nitrogens with one attached hydrogen (secondary N) is 1. The van der Waals surface area contributed by atoms with Crippen molar-refractivity contribution in [3.05, 3.63) is 33.9 Å². The van der Waals surface area contributed by atoms with E-state index < -0.39 is 4.92 Å². The van der Waals surface area contributed by atoms with Gasteiger partial charge in [-0.1, -0.05) is 0 Å². The molecule has 0 unspecified atom stereocenters. The summed E-state index contributed by atoms with van der Waals surface area (Å²) >= 11 is 0. The van der Waals surface area contributed by atoms with Gasteiger partial charge in [0.2, 0.25) is 0 Å². The van der Waals surface area contributed by atoms with Crippen molar-refractivity contribution in [2.45, 2.75) is 39.2 Å². The Bertz CT molecular complexity index is 569. The fourth-order valence-electron chi connectivity index (χ4n) is 2.80. The maximum absolute atomic E-state index is 12.6. The average molecular weight is 291 g/mol. The number of nitrogens with zero attached hydrogens (tertiary/aromatic N) is 2. The van der Waals surface area contributed by atoms with E-state index >= 15 is 0 Å². The maximum atomic E-state index is 12.6. The Morgan fingerprint density at radius 2 is 2.19 bits per heavy atom. The number of benzene rings is 1. The third-order valence-corrected chi connectivity index (χ3v) is 3.95. The number of likely N-dealkylation sites (tertiary alicyclic amines) is 1. The molecule has 0 aliphatic carbocycles. The maximum Gasteiger partial charge on any atom is 0.293 e. The van der Waals surface area contributed by atoms with Crippen molar-refractivity contribution >= 4 is 17.3 Å². The second kappa shape index (κ2) is 5.71. The number of nitro groups is 1. The summed E-state index contributed by atoms with van der Waals surface area (Å²) in [6, 6.07) is 4.63. The van der Waals surface area contributed by atoms with E-state index in [1.54, 1.807) is 17.0 Å². The van der Waals surface area contributed by atoms with E-state index in [0.29, 0.717) is 24.3 Å². The highest BCUT2D eigenvalue weighted by Gasteiger charge is 2.36. The summed E-state index contributed by atoms with van der Waals surface area (Å²) in [5.74, 6) is -0.136. The largest absolute Gasteiger partial charge is 0.380 e. The van der Waals surface area contributed by atoms with Crippen molar-refractivity contribution in [3.8, 4) is 0 Å². The summed E-state index contributed by atoms with van der Waals surface area (Å²) in [7, 11) is 0. The fourth-order valence-corrected chi connectivity index (χ4v) is 2.80. The minimum Gasteiger partial charge on any atom is -0.380 e. The van der Waals surface area contributed by atoms with Crippen LogP contribution in [0.3, 0.4) is 0 Å². The second-order valence-corrected chi connectivity index (χ2v) is 5.89. The molecular formula is C15H21N3O3. The number of hydrogen-bond acceptors (Lipinski definition) is 4. The minimum absolute atomic E-state index is 0.0558. The van der Waals surface area contributed by atoms with E-state index in [1.807, 2.05) is 20.8 Å². The van der Waals surface area contributed by atoms with Crippen LogP contribution in [-0.2, 0) is 0 Å². The molecule has 2 rings (SSSR count). The monoisotopic (exact) mass is 291 g/mol. The van der Waals surface area contributed by atoms with E-state index in [1.165, 1.54) is 6.07 Å². The van der Waals surface area contributed by atoms with Gasteiger partial charge < -0.3 is 10.2 Å². The second-order valence-electron chi connectivity index (χ2n) is 5.89. The molecule has 6 nitrogen and oxygen atoms in total. The smallest absolute Gasteiger partial charge is 0.293 e. The van der Waals surface area contributed by atoms with Gasteiger partial charge in [0.1, 0.15) is 5.69 Å². The average Bonchev–Trinajstić information content (AvgIpc) is 2.78. The fraction of sp³-hybridized carbons (Fsp3) is 0.533. The van der Waals surface area contributed by atoms with E-state index in [9.17, 15) is 14.9 Å². The molecule has 1 saturated heterocycles. The van der Waals surface area contributed by atoms with Crippen LogP contribution in [0.25, 0.3) is 0 Å². The number of amides is 1. The van der Waals surface area contributed by atoms with Crippen LogP contribution in [0, 0.1) is 10.1 Å². The zero-order chi connectivity index (χ0) is 15.6. The van der Waals surface area contributed by atoms with Crippen LogP contribution in [0.1, 0.15) is 44.0 Å². The van der Waals surface area contributed by atoms with Crippen molar-refractivity contribution in [2.75, 3.05) is 18.4 Å². The highest BCUT2D eigenvalue weighted by molar-refractivity contribution is 5.96. The number of hydrogen-bond donors (Lipinski definition) is 1. The van der Waals surface area contributed by atoms with Crippen LogP contribution >= 0.6 is 0 Å². The number of rotatable bonds is 4. The molecule has 1 heterocycles. The zero-order valence-electron chi connectivity index (χ0n) is 12.7. The van der Waals surface area contributed by atoms with E-state index in [0.717, 1.165) is 12.8 Å². The van der Waals surface area contributed by atoms with E-state index in [4.69, 9.17) is 0 Å². The third-order valence-electron chi connectivity index (χ3n) is 3.95. The van der Waals surface area contributed by atoms with Crippen molar-refractivity contribution < 1.29 is 9.72 Å². The first-order chi connectivity index (χ1) is 9.86. The summed E-state index contributed by atoms with van der Waals surface area (Å²) in [5, 5.41) is 14.1. The first kappa shape index (κ1) is 15.3. The van der Waals surface area contributed by atoms with Gasteiger partial charge in [-0.25, -0.2) is 0 Å². The molecule has 0 radical (unpaired) electrons. The predicted octanol–water partition coefficient (Wildman–Crippen LogP) is 3.04. The van der Waals surface area contributed by atoms with Crippen molar-refractivity contribution in [2.24, 2.45) is 0 Å². The molecule has 114 valence electrons. The van der Waals surface area contributed by atoms with E-state index in [-0.39, 0.29) is 17.1 Å². The molecule has 0 atom stereocenters. The molecule has 21 heavy (non-hydrogen) atoms. The summed E-state index contributed by atoms with van der Waals surface area (Å²) in [6.07, 6.45) is 1.92. The number of nitro benzene ring substituents is 1. The lowest BCUT2D eigenvalue weighted by molar-refractivity contribution is -0.384. The number of carbonyl (C=O) groups excluding carboxylic acids is 1. The van der Waals surface area contributed by atoms with Gasteiger partial charge >= 0.3 is 0 Å². The summed E-state index contributed by atoms with van der Waals surface area (Å²) < 4.78 is 0. The summed E-state index contributed by atoms with van der Waals surface area (Å²) in [6.45, 7) is 7.22. The summed E-state index contributed by atoms with van der Waals surface area (Å²) in [5.41, 5.74) is 0.574. The van der Waals surface area contributed by atoms with Gasteiger partial charge in [0.05, 0.1) is 4.92 Å². The van der Waals surface area contributed by atoms with Gasteiger partial charge in [0.15, 0.2) is 0 Å². The van der Waals surface area contributed by atoms with Crippen LogP contribution in [-0.4, -0.2) is 34.4 Å². The minimum atomic E-state index is -0.454. The van der Waals surface area contributed by atoms with Gasteiger partial charge in [-0.2, -0.15) is 0 Å². The molecule has 1 aliphatic heterocycles. The van der Waals surface area contributed by atoms with Crippen LogP contribution in [0.5, 0.6) is 0 Å². The Labute approximate surface area is 124 Å². The quantitative estimate of drug-likeness (QED) is 0.683. The lowest BCUT2D eigenvalue weighted by atomic mass is 10.0. The first-order valence-electron chi connectivity index (χ1n) is 7.21. The SMILES string of the molecule is CCNc1ccc(C(=O)N2CCCC2(C)C)cc1[N+](=O)[O-]. The normalized spacial score (nSPS) is 16.8. The molecule has 1 fully saturated rings. The topological polar surface area (TPSA) is 75.5 Å². The predicted molar refractivity (Wildman–Crippen MR) is 81.6 cm³/mol. The molecule has 6 heteroatoms. The van der Waals surface area contributed by atoms with Gasteiger partial charge in [-0.05, 0) is 45.7 Å². The van der Waals surface area contributed by atoms with Crippen molar-refractivity contribution in [1.29, 1.82) is 0 Å². The Kier molecular flexibility index (Phi) is 4.16. The molecule has 0 aromatic heterocycles. The van der Waals surface area contributed by atoms with Gasteiger partial charge in [-0.3, -0.25) is 14.9 Å². The van der Waals surface area contributed by atoms with Gasteiger partial charge in [0.25, 0.3) is 11.6 Å². The lowest BCUT2D eigenvalue weighted by Gasteiger charge is -2.31.